The van der Waals surface area contributed by atoms with Gasteiger partial charge in [-0.05, 0) is 18.4 Å². The van der Waals surface area contributed by atoms with Crippen molar-refractivity contribution in [2.75, 3.05) is 13.7 Å². The van der Waals surface area contributed by atoms with E-state index in [-0.39, 0.29) is 11.9 Å². The van der Waals surface area contributed by atoms with Gasteiger partial charge in [-0.3, -0.25) is 4.79 Å². The molecule has 1 aliphatic carbocycles. The number of methoxy groups -OCH3 is 1. The summed E-state index contributed by atoms with van der Waals surface area (Å²) in [6.07, 6.45) is 4.04. The Hall–Kier alpha value is -1.35. The summed E-state index contributed by atoms with van der Waals surface area (Å²) in [5.74, 6) is 0.0310. The van der Waals surface area contributed by atoms with Crippen molar-refractivity contribution in [3.8, 4) is 0 Å². The Bertz CT molecular complexity index is 404. The van der Waals surface area contributed by atoms with E-state index in [4.69, 9.17) is 10.5 Å². The van der Waals surface area contributed by atoms with Crippen LogP contribution in [0.25, 0.3) is 0 Å². The second-order valence-electron chi connectivity index (χ2n) is 5.06. The van der Waals surface area contributed by atoms with Crippen LogP contribution < -0.4 is 5.73 Å². The minimum Gasteiger partial charge on any atom is -0.469 e. The number of rotatable bonds is 3. The van der Waals surface area contributed by atoms with Gasteiger partial charge < -0.3 is 10.5 Å². The third kappa shape index (κ3) is 2.15. The molecule has 18 heavy (non-hydrogen) atoms. The van der Waals surface area contributed by atoms with Crippen molar-refractivity contribution >= 4 is 5.97 Å². The average molecular weight is 247 g/mol. The van der Waals surface area contributed by atoms with Crippen molar-refractivity contribution in [2.24, 2.45) is 11.1 Å². The Labute approximate surface area is 108 Å². The van der Waals surface area contributed by atoms with Crippen LogP contribution in [0.4, 0.5) is 0 Å². The maximum Gasteiger partial charge on any atom is 0.313 e. The molecule has 0 spiro atoms. The molecule has 1 saturated carbocycles. The fourth-order valence-electron chi connectivity index (χ4n) is 3.19. The van der Waals surface area contributed by atoms with E-state index in [0.29, 0.717) is 6.54 Å². The van der Waals surface area contributed by atoms with Crippen LogP contribution >= 0.6 is 0 Å². The van der Waals surface area contributed by atoms with Gasteiger partial charge in [0.1, 0.15) is 0 Å². The van der Waals surface area contributed by atoms with Crippen LogP contribution in [-0.4, -0.2) is 19.6 Å². The summed E-state index contributed by atoms with van der Waals surface area (Å²) in [6.45, 7) is 0.360. The molecule has 0 saturated heterocycles. The fraction of sp³-hybridized carbons (Fsp3) is 0.533. The summed E-state index contributed by atoms with van der Waals surface area (Å²) in [5, 5.41) is 0. The molecule has 0 aliphatic heterocycles. The van der Waals surface area contributed by atoms with Gasteiger partial charge >= 0.3 is 5.97 Å². The number of ether oxygens (including phenoxy) is 1. The lowest BCUT2D eigenvalue weighted by Crippen LogP contribution is -2.46. The molecular formula is C15H21NO2. The van der Waals surface area contributed by atoms with Crippen molar-refractivity contribution in [3.63, 3.8) is 0 Å². The van der Waals surface area contributed by atoms with E-state index in [1.165, 1.54) is 12.7 Å². The highest BCUT2D eigenvalue weighted by molar-refractivity contribution is 5.78. The van der Waals surface area contributed by atoms with Gasteiger partial charge in [0.15, 0.2) is 0 Å². The van der Waals surface area contributed by atoms with Crippen molar-refractivity contribution in [3.05, 3.63) is 35.9 Å². The Kier molecular flexibility index (Phi) is 4.02. The molecule has 3 heteroatoms. The van der Waals surface area contributed by atoms with Crippen molar-refractivity contribution in [2.45, 2.75) is 31.6 Å². The highest BCUT2D eigenvalue weighted by Gasteiger charge is 2.47. The van der Waals surface area contributed by atoms with E-state index in [9.17, 15) is 4.79 Å². The summed E-state index contributed by atoms with van der Waals surface area (Å²) in [7, 11) is 1.45. The Balaban J connectivity index is 2.38. The van der Waals surface area contributed by atoms with Gasteiger partial charge in [-0.1, -0.05) is 43.2 Å². The predicted molar refractivity (Wildman–Crippen MR) is 71.2 cm³/mol. The zero-order valence-corrected chi connectivity index (χ0v) is 10.9. The van der Waals surface area contributed by atoms with Gasteiger partial charge in [0.2, 0.25) is 0 Å². The van der Waals surface area contributed by atoms with Crippen LogP contribution in [0.5, 0.6) is 0 Å². The molecule has 1 fully saturated rings. The lowest BCUT2D eigenvalue weighted by molar-refractivity contribution is -0.155. The molecule has 0 aromatic heterocycles. The van der Waals surface area contributed by atoms with Gasteiger partial charge in [0, 0.05) is 12.5 Å². The molecule has 1 aromatic rings. The lowest BCUT2D eigenvalue weighted by atomic mass is 9.63. The number of hydrogen-bond donors (Lipinski definition) is 1. The zero-order chi connectivity index (χ0) is 13.0. The third-order valence-corrected chi connectivity index (χ3v) is 4.19. The van der Waals surface area contributed by atoms with Crippen molar-refractivity contribution in [1.29, 1.82) is 0 Å². The number of nitrogens with two attached hydrogens (primary N) is 1. The van der Waals surface area contributed by atoms with E-state index >= 15 is 0 Å². The summed E-state index contributed by atoms with van der Waals surface area (Å²) in [4.78, 5) is 12.2. The van der Waals surface area contributed by atoms with Gasteiger partial charge in [-0.15, -0.1) is 0 Å². The van der Waals surface area contributed by atoms with Crippen molar-refractivity contribution in [1.82, 2.24) is 0 Å². The average Bonchev–Trinajstić information content (AvgIpc) is 2.47. The van der Waals surface area contributed by atoms with Crippen LogP contribution in [0.2, 0.25) is 0 Å². The second kappa shape index (κ2) is 5.53. The standard InChI is InChI=1S/C15H21NO2/c1-18-14(17)15(11-16)10-6-5-9-13(15)12-7-3-2-4-8-12/h2-4,7-8,13H,5-6,9-11,16H2,1H3/t13-,15+/m1/s1. The SMILES string of the molecule is COC(=O)[C@]1(CN)CCCC[C@@H]1c1ccccc1. The first-order valence-electron chi connectivity index (χ1n) is 6.58. The van der Waals surface area contributed by atoms with Gasteiger partial charge in [-0.25, -0.2) is 0 Å². The Morgan fingerprint density at radius 1 is 1.39 bits per heavy atom. The first-order chi connectivity index (χ1) is 8.74. The number of carbonyl (C=O) groups excluding carboxylic acids is 1. The maximum absolute atomic E-state index is 12.2. The highest BCUT2D eigenvalue weighted by Crippen LogP contribution is 2.47. The van der Waals surface area contributed by atoms with Gasteiger partial charge in [-0.2, -0.15) is 0 Å². The van der Waals surface area contributed by atoms with Crippen LogP contribution in [0.1, 0.15) is 37.2 Å². The van der Waals surface area contributed by atoms with Gasteiger partial charge in [0.05, 0.1) is 12.5 Å². The van der Waals surface area contributed by atoms with Gasteiger partial charge in [0.25, 0.3) is 0 Å². The number of esters is 1. The monoisotopic (exact) mass is 247 g/mol. The predicted octanol–water partition coefficient (Wildman–Crippen LogP) is 2.46. The fourth-order valence-corrected chi connectivity index (χ4v) is 3.19. The smallest absolute Gasteiger partial charge is 0.313 e. The van der Waals surface area contributed by atoms with Crippen LogP contribution in [0, 0.1) is 5.41 Å². The van der Waals surface area contributed by atoms with Crippen LogP contribution in [0.3, 0.4) is 0 Å². The molecule has 3 nitrogen and oxygen atoms in total. The third-order valence-electron chi connectivity index (χ3n) is 4.19. The molecule has 2 N–H and O–H groups in total. The lowest BCUT2D eigenvalue weighted by Gasteiger charge is -2.41. The minimum absolute atomic E-state index is 0.154. The van der Waals surface area contributed by atoms with E-state index < -0.39 is 5.41 Å². The normalized spacial score (nSPS) is 27.8. The van der Waals surface area contributed by atoms with Crippen LogP contribution in [-0.2, 0) is 9.53 Å². The van der Waals surface area contributed by atoms with E-state index in [1.54, 1.807) is 0 Å². The first kappa shape index (κ1) is 13.1. The number of benzene rings is 1. The van der Waals surface area contributed by atoms with Crippen LogP contribution in [0.15, 0.2) is 30.3 Å². The topological polar surface area (TPSA) is 52.3 Å². The molecule has 1 aromatic carbocycles. The quantitative estimate of drug-likeness (QED) is 0.835. The Morgan fingerprint density at radius 2 is 2.11 bits per heavy atom. The largest absolute Gasteiger partial charge is 0.469 e. The van der Waals surface area contributed by atoms with Crippen molar-refractivity contribution < 1.29 is 9.53 Å². The summed E-state index contributed by atoms with van der Waals surface area (Å²) >= 11 is 0. The number of carbonyl (C=O) groups is 1. The molecule has 1 aliphatic rings. The van der Waals surface area contributed by atoms with E-state index in [1.807, 2.05) is 18.2 Å². The zero-order valence-electron chi connectivity index (χ0n) is 10.9. The maximum atomic E-state index is 12.2. The first-order valence-corrected chi connectivity index (χ1v) is 6.58. The molecule has 0 heterocycles. The summed E-state index contributed by atoms with van der Waals surface area (Å²) in [5.41, 5.74) is 6.61. The molecule has 0 amide bonds. The molecule has 0 radical (unpaired) electrons. The molecular weight excluding hydrogens is 226 g/mol. The molecule has 0 bridgehead atoms. The highest BCUT2D eigenvalue weighted by atomic mass is 16.5. The minimum atomic E-state index is -0.533. The molecule has 2 rings (SSSR count). The van der Waals surface area contributed by atoms with E-state index in [0.717, 1.165) is 25.7 Å². The molecule has 98 valence electrons. The molecule has 0 unspecified atom stereocenters. The Morgan fingerprint density at radius 3 is 2.72 bits per heavy atom. The van der Waals surface area contributed by atoms with E-state index in [2.05, 4.69) is 12.1 Å². The summed E-state index contributed by atoms with van der Waals surface area (Å²) in [6, 6.07) is 10.2. The summed E-state index contributed by atoms with van der Waals surface area (Å²) < 4.78 is 5.02. The number of hydrogen-bond acceptors (Lipinski definition) is 3. The molecule has 2 atom stereocenters. The second-order valence-corrected chi connectivity index (χ2v) is 5.06.